The van der Waals surface area contributed by atoms with Gasteiger partial charge in [0.15, 0.2) is 5.83 Å². The zero-order valence-electron chi connectivity index (χ0n) is 8.05. The predicted molar refractivity (Wildman–Crippen MR) is 48.6 cm³/mol. The summed E-state index contributed by atoms with van der Waals surface area (Å²) in [7, 11) is 0. The molecule has 7 heteroatoms. The Bertz CT molecular complexity index is 459. The number of hydrogen-bond donors (Lipinski definition) is 1. The monoisotopic (exact) mass is 252 g/mol. The van der Waals surface area contributed by atoms with Gasteiger partial charge in [-0.05, 0) is 12.1 Å². The summed E-state index contributed by atoms with van der Waals surface area (Å²) in [6, 6.07) is 3.26. The maximum absolute atomic E-state index is 13.0. The lowest BCUT2D eigenvalue weighted by Crippen LogP contribution is -2.09. The molecule has 1 aromatic carbocycles. The van der Waals surface area contributed by atoms with Gasteiger partial charge in [-0.25, -0.2) is 9.18 Å². The number of hydrogen-bond acceptors (Lipinski definition) is 1. The number of allylic oxidation sites excluding steroid dienone is 1. The van der Waals surface area contributed by atoms with Gasteiger partial charge in [-0.15, -0.1) is 0 Å². The van der Waals surface area contributed by atoms with Crippen LogP contribution >= 0.6 is 0 Å². The van der Waals surface area contributed by atoms with Crippen molar-refractivity contribution in [3.63, 3.8) is 0 Å². The maximum Gasteiger partial charge on any atom is 0.445 e. The van der Waals surface area contributed by atoms with Crippen LogP contribution in [0.1, 0.15) is 15.9 Å². The molecule has 0 bridgehead atoms. The fraction of sp³-hybridized carbons (Fsp3) is 0.100. The van der Waals surface area contributed by atoms with E-state index in [4.69, 9.17) is 5.11 Å². The summed E-state index contributed by atoms with van der Waals surface area (Å²) in [4.78, 5) is 10.4. The lowest BCUT2D eigenvalue weighted by atomic mass is 10.1. The molecule has 1 rings (SSSR count). The van der Waals surface area contributed by atoms with Gasteiger partial charge in [-0.1, -0.05) is 12.1 Å². The van der Waals surface area contributed by atoms with E-state index >= 15 is 0 Å². The summed E-state index contributed by atoms with van der Waals surface area (Å²) in [6.45, 7) is 0. The molecule has 0 amide bonds. The van der Waals surface area contributed by atoms with E-state index in [0.29, 0.717) is 0 Å². The number of carbonyl (C=O) groups is 1. The summed E-state index contributed by atoms with van der Waals surface area (Å²) in [5.74, 6) is -6.24. The zero-order chi connectivity index (χ0) is 13.2. The highest BCUT2D eigenvalue weighted by atomic mass is 19.4. The summed E-state index contributed by atoms with van der Waals surface area (Å²) in [6.07, 6.45) is -5.41. The molecule has 1 aromatic rings. The Labute approximate surface area is 92.0 Å². The van der Waals surface area contributed by atoms with Gasteiger partial charge in [0.25, 0.3) is 0 Å². The fourth-order valence-corrected chi connectivity index (χ4v) is 1.01. The van der Waals surface area contributed by atoms with E-state index in [9.17, 15) is 26.7 Å². The largest absolute Gasteiger partial charge is 0.478 e. The molecule has 17 heavy (non-hydrogen) atoms. The van der Waals surface area contributed by atoms with E-state index in [1.54, 1.807) is 0 Å². The smallest absolute Gasteiger partial charge is 0.445 e. The van der Waals surface area contributed by atoms with Crippen molar-refractivity contribution >= 4 is 11.8 Å². The molecule has 0 heterocycles. The lowest BCUT2D eigenvalue weighted by molar-refractivity contribution is -0.108. The van der Waals surface area contributed by atoms with Crippen LogP contribution in [0, 0.1) is 0 Å². The molecule has 0 aliphatic rings. The summed E-state index contributed by atoms with van der Waals surface area (Å²) in [5.41, 5.74) is -0.918. The minimum atomic E-state index is -5.41. The van der Waals surface area contributed by atoms with Gasteiger partial charge in [-0.2, -0.15) is 17.6 Å². The minimum Gasteiger partial charge on any atom is -0.478 e. The molecule has 0 radical (unpaired) electrons. The van der Waals surface area contributed by atoms with Crippen LogP contribution in [0.15, 0.2) is 30.1 Å². The van der Waals surface area contributed by atoms with Crippen LogP contribution in [-0.2, 0) is 0 Å². The highest BCUT2D eigenvalue weighted by Crippen LogP contribution is 2.34. The minimum absolute atomic E-state index is 0.242. The summed E-state index contributed by atoms with van der Waals surface area (Å²) < 4.78 is 61.0. The first-order valence-electron chi connectivity index (χ1n) is 4.19. The zero-order valence-corrected chi connectivity index (χ0v) is 8.05. The highest BCUT2D eigenvalue weighted by molar-refractivity contribution is 5.88. The van der Waals surface area contributed by atoms with Gasteiger partial charge in [0, 0.05) is 5.56 Å². The first-order chi connectivity index (χ1) is 7.73. The van der Waals surface area contributed by atoms with Crippen molar-refractivity contribution in [3.8, 4) is 0 Å². The van der Waals surface area contributed by atoms with Gasteiger partial charge in [0.2, 0.25) is 5.83 Å². The second kappa shape index (κ2) is 4.52. The molecule has 0 aliphatic heterocycles. The van der Waals surface area contributed by atoms with Crippen LogP contribution in [0.2, 0.25) is 0 Å². The van der Waals surface area contributed by atoms with Gasteiger partial charge in [-0.3, -0.25) is 0 Å². The van der Waals surface area contributed by atoms with E-state index in [-0.39, 0.29) is 5.56 Å². The lowest BCUT2D eigenvalue weighted by Gasteiger charge is -2.05. The third-order valence-electron chi connectivity index (χ3n) is 1.83. The van der Waals surface area contributed by atoms with E-state index < -0.39 is 29.4 Å². The molecule has 0 spiro atoms. The van der Waals surface area contributed by atoms with Crippen LogP contribution in [-0.4, -0.2) is 17.3 Å². The SMILES string of the molecule is O=C(O)c1ccc(/C(F)=C(/F)C(F)(F)F)cc1. The quantitative estimate of drug-likeness (QED) is 0.817. The first-order valence-corrected chi connectivity index (χ1v) is 4.19. The molecular weight excluding hydrogens is 247 g/mol. The van der Waals surface area contributed by atoms with Crippen LogP contribution in [0.5, 0.6) is 0 Å². The Hall–Kier alpha value is -1.92. The van der Waals surface area contributed by atoms with Crippen molar-refractivity contribution in [2.75, 3.05) is 0 Å². The number of alkyl halides is 3. The standard InChI is InChI=1S/C10H5F5O2/c11-7(8(12)10(13,14)15)5-1-3-6(4-2-5)9(16)17/h1-4H,(H,16,17)/b8-7-. The van der Waals surface area contributed by atoms with Crippen LogP contribution in [0.4, 0.5) is 22.0 Å². The van der Waals surface area contributed by atoms with Gasteiger partial charge < -0.3 is 5.11 Å². The van der Waals surface area contributed by atoms with Gasteiger partial charge in [0.1, 0.15) is 0 Å². The van der Waals surface area contributed by atoms with Crippen molar-refractivity contribution in [1.82, 2.24) is 0 Å². The van der Waals surface area contributed by atoms with Crippen molar-refractivity contribution in [1.29, 1.82) is 0 Å². The van der Waals surface area contributed by atoms with Gasteiger partial charge >= 0.3 is 12.1 Å². The Balaban J connectivity index is 3.14. The number of carboxylic acid groups (broad SMARTS) is 1. The second-order valence-electron chi connectivity index (χ2n) is 3.01. The molecule has 0 unspecified atom stereocenters. The van der Waals surface area contributed by atoms with E-state index in [1.165, 1.54) is 0 Å². The molecule has 0 atom stereocenters. The maximum atomic E-state index is 13.0. The predicted octanol–water partition coefficient (Wildman–Crippen LogP) is 3.55. The second-order valence-corrected chi connectivity index (χ2v) is 3.01. The number of benzene rings is 1. The third kappa shape index (κ3) is 3.02. The normalized spacial score (nSPS) is 13.2. The molecule has 0 saturated carbocycles. The fourth-order valence-electron chi connectivity index (χ4n) is 1.01. The van der Waals surface area contributed by atoms with Crippen LogP contribution < -0.4 is 0 Å². The molecular formula is C10H5F5O2. The molecule has 0 aromatic heterocycles. The molecule has 0 saturated heterocycles. The average Bonchev–Trinajstić information content (AvgIpc) is 2.26. The Morgan fingerprint density at radius 2 is 1.41 bits per heavy atom. The van der Waals surface area contributed by atoms with Crippen molar-refractivity contribution < 1.29 is 31.9 Å². The van der Waals surface area contributed by atoms with Gasteiger partial charge in [0.05, 0.1) is 5.56 Å². The number of halogens is 5. The van der Waals surface area contributed by atoms with Crippen LogP contribution in [0.25, 0.3) is 5.83 Å². The first kappa shape index (κ1) is 13.1. The molecule has 1 N–H and O–H groups in total. The number of rotatable bonds is 2. The molecule has 0 aliphatic carbocycles. The average molecular weight is 252 g/mol. The van der Waals surface area contributed by atoms with E-state index in [2.05, 4.69) is 0 Å². The van der Waals surface area contributed by atoms with Crippen LogP contribution in [0.3, 0.4) is 0 Å². The Morgan fingerprint density at radius 1 is 1.00 bits per heavy atom. The Morgan fingerprint density at radius 3 is 1.76 bits per heavy atom. The van der Waals surface area contributed by atoms with E-state index in [0.717, 1.165) is 24.3 Å². The van der Waals surface area contributed by atoms with E-state index in [1.807, 2.05) is 0 Å². The van der Waals surface area contributed by atoms with Crippen molar-refractivity contribution in [3.05, 3.63) is 41.2 Å². The number of aromatic carboxylic acids is 1. The Kier molecular flexibility index (Phi) is 3.50. The molecule has 92 valence electrons. The number of carboxylic acids is 1. The molecule has 2 nitrogen and oxygen atoms in total. The van der Waals surface area contributed by atoms with Crippen molar-refractivity contribution in [2.24, 2.45) is 0 Å². The topological polar surface area (TPSA) is 37.3 Å². The summed E-state index contributed by atoms with van der Waals surface area (Å²) >= 11 is 0. The van der Waals surface area contributed by atoms with Crippen molar-refractivity contribution in [2.45, 2.75) is 6.18 Å². The molecule has 0 fully saturated rings. The third-order valence-corrected chi connectivity index (χ3v) is 1.83. The highest BCUT2D eigenvalue weighted by Gasteiger charge is 2.38. The summed E-state index contributed by atoms with van der Waals surface area (Å²) in [5, 5.41) is 8.49.